The second-order valence-corrected chi connectivity index (χ2v) is 6.15. The molecule has 0 aliphatic rings. The topological polar surface area (TPSA) is 61.4 Å². The van der Waals surface area contributed by atoms with Crippen molar-refractivity contribution in [1.82, 2.24) is 5.32 Å². The fourth-order valence-corrected chi connectivity index (χ4v) is 2.53. The van der Waals surface area contributed by atoms with Crippen LogP contribution in [0.15, 0.2) is 48.5 Å². The first-order valence-corrected chi connectivity index (χ1v) is 7.80. The monoisotopic (exact) mass is 332 g/mol. The van der Waals surface area contributed by atoms with Crippen LogP contribution >= 0.6 is 11.6 Å². The van der Waals surface area contributed by atoms with Gasteiger partial charge < -0.3 is 10.4 Å². The Hall–Kier alpha value is -1.88. The van der Waals surface area contributed by atoms with E-state index in [1.54, 1.807) is 12.1 Å². The quantitative estimate of drug-likeness (QED) is 0.761. The Balaban J connectivity index is 2.00. The third-order valence-corrected chi connectivity index (χ3v) is 4.08. The molecule has 0 aliphatic carbocycles. The summed E-state index contributed by atoms with van der Waals surface area (Å²) in [5, 5.41) is 16.1. The summed E-state index contributed by atoms with van der Waals surface area (Å²) < 4.78 is 0. The minimum absolute atomic E-state index is 0.0656. The number of hydrogen-bond acceptors (Lipinski definition) is 3. The van der Waals surface area contributed by atoms with Gasteiger partial charge in [0.05, 0.1) is 29.4 Å². The molecule has 0 saturated carbocycles. The van der Waals surface area contributed by atoms with E-state index in [1.165, 1.54) is 0 Å². The van der Waals surface area contributed by atoms with Crippen LogP contribution in [0.2, 0.25) is 5.02 Å². The third-order valence-electron chi connectivity index (χ3n) is 3.76. The van der Waals surface area contributed by atoms with E-state index in [9.17, 15) is 9.90 Å². The lowest BCUT2D eigenvalue weighted by Gasteiger charge is -2.29. The van der Waals surface area contributed by atoms with Crippen molar-refractivity contribution >= 4 is 23.2 Å². The summed E-state index contributed by atoms with van der Waals surface area (Å²) >= 11 is 6.11. The number of carbonyl (C=O) groups is 1. The molecule has 3 N–H and O–H groups in total. The van der Waals surface area contributed by atoms with Crippen LogP contribution in [0.5, 0.6) is 0 Å². The Bertz CT molecular complexity index is 676. The number of hydrogen-bond donors (Lipinski definition) is 3. The molecule has 0 radical (unpaired) electrons. The second kappa shape index (κ2) is 7.59. The molecule has 0 saturated heterocycles. The molecule has 1 amide bonds. The molecular formula is C18H21ClN2O2. The highest BCUT2D eigenvalue weighted by Crippen LogP contribution is 2.23. The van der Waals surface area contributed by atoms with E-state index in [-0.39, 0.29) is 19.1 Å². The van der Waals surface area contributed by atoms with Crippen LogP contribution in [0.1, 0.15) is 18.1 Å². The molecule has 1 atom stereocenters. The van der Waals surface area contributed by atoms with Gasteiger partial charge in [-0.25, -0.2) is 0 Å². The first-order chi connectivity index (χ1) is 10.9. The molecule has 0 aromatic heterocycles. The van der Waals surface area contributed by atoms with E-state index in [1.807, 2.05) is 50.2 Å². The van der Waals surface area contributed by atoms with E-state index in [0.29, 0.717) is 10.7 Å². The summed E-state index contributed by atoms with van der Waals surface area (Å²) in [6.45, 7) is 3.74. The smallest absolute Gasteiger partial charge is 0.238 e. The van der Waals surface area contributed by atoms with Gasteiger partial charge in [-0.3, -0.25) is 10.1 Å². The fourth-order valence-electron chi connectivity index (χ4n) is 2.25. The molecule has 4 nitrogen and oxygen atoms in total. The van der Waals surface area contributed by atoms with Crippen LogP contribution in [0.3, 0.4) is 0 Å². The zero-order valence-electron chi connectivity index (χ0n) is 13.3. The molecule has 0 fully saturated rings. The third kappa shape index (κ3) is 4.55. The lowest BCUT2D eigenvalue weighted by molar-refractivity contribution is -0.115. The average Bonchev–Trinajstić information content (AvgIpc) is 2.56. The van der Waals surface area contributed by atoms with E-state index in [4.69, 9.17) is 11.6 Å². The number of carbonyl (C=O) groups excluding carboxylic acids is 1. The van der Waals surface area contributed by atoms with Gasteiger partial charge in [0.2, 0.25) is 5.91 Å². The van der Waals surface area contributed by atoms with E-state index >= 15 is 0 Å². The van der Waals surface area contributed by atoms with Crippen molar-refractivity contribution in [2.24, 2.45) is 0 Å². The molecule has 0 heterocycles. The van der Waals surface area contributed by atoms with Gasteiger partial charge in [0, 0.05) is 0 Å². The van der Waals surface area contributed by atoms with Gasteiger partial charge in [-0.05, 0) is 37.1 Å². The van der Waals surface area contributed by atoms with Crippen molar-refractivity contribution in [3.05, 3.63) is 64.7 Å². The molecule has 0 spiro atoms. The Kier molecular flexibility index (Phi) is 5.77. The number of aliphatic hydroxyl groups excluding tert-OH is 1. The van der Waals surface area contributed by atoms with Crippen LogP contribution in [0.4, 0.5) is 5.69 Å². The first kappa shape index (κ1) is 17.5. The lowest BCUT2D eigenvalue weighted by atomic mass is 9.93. The largest absolute Gasteiger partial charge is 0.394 e. The summed E-state index contributed by atoms with van der Waals surface area (Å²) in [5.74, 6) is -0.216. The highest BCUT2D eigenvalue weighted by Gasteiger charge is 2.25. The predicted octanol–water partition coefficient (Wildman–Crippen LogP) is 3.08. The van der Waals surface area contributed by atoms with Crippen LogP contribution in [0, 0.1) is 6.92 Å². The van der Waals surface area contributed by atoms with Gasteiger partial charge in [-0.2, -0.15) is 0 Å². The van der Waals surface area contributed by atoms with Gasteiger partial charge in [0.15, 0.2) is 0 Å². The van der Waals surface area contributed by atoms with Crippen molar-refractivity contribution in [2.45, 2.75) is 19.4 Å². The van der Waals surface area contributed by atoms with E-state index in [0.717, 1.165) is 11.1 Å². The maximum absolute atomic E-state index is 12.1. The van der Waals surface area contributed by atoms with Crippen molar-refractivity contribution < 1.29 is 9.90 Å². The molecule has 2 rings (SSSR count). The normalized spacial score (nSPS) is 13.4. The standard InChI is InChI=1S/C18H21ClN2O2/c1-13-8-9-16(15(19)10-13)21-17(23)11-20-18(2,12-22)14-6-4-3-5-7-14/h3-10,20,22H,11-12H2,1-2H3,(H,21,23)/t18-/m1/s1. The maximum atomic E-state index is 12.1. The predicted molar refractivity (Wildman–Crippen MR) is 93.7 cm³/mol. The number of benzene rings is 2. The molecule has 5 heteroatoms. The van der Waals surface area contributed by atoms with Crippen LogP contribution in [0.25, 0.3) is 0 Å². The van der Waals surface area contributed by atoms with Gasteiger partial charge in [-0.1, -0.05) is 48.0 Å². The Labute approximate surface area is 141 Å². The van der Waals surface area contributed by atoms with Crippen molar-refractivity contribution in [3.8, 4) is 0 Å². The second-order valence-electron chi connectivity index (χ2n) is 5.74. The highest BCUT2D eigenvalue weighted by atomic mass is 35.5. The summed E-state index contributed by atoms with van der Waals surface area (Å²) in [5.41, 5.74) is 1.84. The number of amides is 1. The summed E-state index contributed by atoms with van der Waals surface area (Å²) in [6.07, 6.45) is 0. The molecular weight excluding hydrogens is 312 g/mol. The van der Waals surface area contributed by atoms with Gasteiger partial charge in [0.1, 0.15) is 0 Å². The molecule has 0 bridgehead atoms. The molecule has 23 heavy (non-hydrogen) atoms. The number of nitrogens with one attached hydrogen (secondary N) is 2. The molecule has 0 aliphatic heterocycles. The van der Waals surface area contributed by atoms with Gasteiger partial charge in [0.25, 0.3) is 0 Å². The van der Waals surface area contributed by atoms with E-state index in [2.05, 4.69) is 10.6 Å². The SMILES string of the molecule is Cc1ccc(NC(=O)CN[C@](C)(CO)c2ccccc2)c(Cl)c1. The average molecular weight is 333 g/mol. The summed E-state index contributed by atoms with van der Waals surface area (Å²) in [4.78, 5) is 12.1. The number of halogens is 1. The number of rotatable bonds is 6. The van der Waals surface area contributed by atoms with Gasteiger partial charge >= 0.3 is 0 Å². The van der Waals surface area contributed by atoms with Crippen molar-refractivity contribution in [3.63, 3.8) is 0 Å². The minimum Gasteiger partial charge on any atom is -0.394 e. The minimum atomic E-state index is -0.685. The molecule has 2 aromatic carbocycles. The molecule has 2 aromatic rings. The number of aryl methyl sites for hydroxylation is 1. The zero-order chi connectivity index (χ0) is 16.9. The fraction of sp³-hybridized carbons (Fsp3) is 0.278. The van der Waals surface area contributed by atoms with Crippen LogP contribution in [-0.2, 0) is 10.3 Å². The van der Waals surface area contributed by atoms with Crippen molar-refractivity contribution in [1.29, 1.82) is 0 Å². The lowest BCUT2D eigenvalue weighted by Crippen LogP contribution is -2.46. The Morgan fingerprint density at radius 1 is 1.22 bits per heavy atom. The zero-order valence-corrected chi connectivity index (χ0v) is 14.0. The van der Waals surface area contributed by atoms with E-state index < -0.39 is 5.54 Å². The van der Waals surface area contributed by atoms with Gasteiger partial charge in [-0.15, -0.1) is 0 Å². The number of anilines is 1. The Morgan fingerprint density at radius 3 is 2.52 bits per heavy atom. The Morgan fingerprint density at radius 2 is 1.91 bits per heavy atom. The highest BCUT2D eigenvalue weighted by molar-refractivity contribution is 6.33. The first-order valence-electron chi connectivity index (χ1n) is 7.42. The molecule has 122 valence electrons. The van der Waals surface area contributed by atoms with Crippen LogP contribution in [-0.4, -0.2) is 24.2 Å². The number of aliphatic hydroxyl groups is 1. The molecule has 0 unspecified atom stereocenters. The summed E-state index contributed by atoms with van der Waals surface area (Å²) in [7, 11) is 0. The maximum Gasteiger partial charge on any atom is 0.238 e. The summed E-state index contributed by atoms with van der Waals surface area (Å²) in [6, 6.07) is 15.0. The van der Waals surface area contributed by atoms with Crippen molar-refractivity contribution in [2.75, 3.05) is 18.5 Å². The van der Waals surface area contributed by atoms with Crippen LogP contribution < -0.4 is 10.6 Å².